The third kappa shape index (κ3) is 3.52. The molecule has 1 saturated heterocycles. The average molecular weight is 327 g/mol. The highest BCUT2D eigenvalue weighted by Crippen LogP contribution is 2.30. The van der Waals surface area contributed by atoms with Gasteiger partial charge in [-0.1, -0.05) is 11.2 Å². The van der Waals surface area contributed by atoms with E-state index in [1.165, 1.54) is 0 Å². The predicted molar refractivity (Wildman–Crippen MR) is 83.0 cm³/mol. The number of amides is 1. The van der Waals surface area contributed by atoms with Crippen molar-refractivity contribution in [2.75, 3.05) is 19.7 Å². The Morgan fingerprint density at radius 2 is 2.42 bits per heavy atom. The number of likely N-dealkylation sites (tertiary alicyclic amines) is 1. The summed E-state index contributed by atoms with van der Waals surface area (Å²) in [6.07, 6.45) is 1.88. The maximum absolute atomic E-state index is 11.1. The third-order valence-electron chi connectivity index (χ3n) is 3.92. The first-order chi connectivity index (χ1) is 11.7. The Kier molecular flexibility index (Phi) is 4.72. The largest absolute Gasteiger partial charge is 0.492 e. The summed E-state index contributed by atoms with van der Waals surface area (Å²) in [5.41, 5.74) is 5.71. The van der Waals surface area contributed by atoms with Crippen molar-refractivity contribution in [2.45, 2.75) is 18.9 Å². The zero-order valence-corrected chi connectivity index (χ0v) is 13.0. The maximum Gasteiger partial charge on any atom is 0.290 e. The molecule has 2 aromatic rings. The van der Waals surface area contributed by atoms with Gasteiger partial charge in [0.15, 0.2) is 0 Å². The van der Waals surface area contributed by atoms with Gasteiger partial charge >= 0.3 is 0 Å². The van der Waals surface area contributed by atoms with Gasteiger partial charge in [-0.05, 0) is 37.6 Å². The Morgan fingerprint density at radius 3 is 3.17 bits per heavy atom. The Bertz CT molecular complexity index is 767. The summed E-state index contributed by atoms with van der Waals surface area (Å²) in [4.78, 5) is 17.3. The first-order valence-corrected chi connectivity index (χ1v) is 7.68. The number of hydrogen-bond donors (Lipinski definition) is 1. The number of aromatic nitrogens is 2. The molecule has 0 unspecified atom stereocenters. The zero-order valence-electron chi connectivity index (χ0n) is 13.0. The van der Waals surface area contributed by atoms with E-state index in [9.17, 15) is 4.79 Å². The maximum atomic E-state index is 11.1. The van der Waals surface area contributed by atoms with Crippen LogP contribution in [-0.4, -0.2) is 40.6 Å². The summed E-state index contributed by atoms with van der Waals surface area (Å²) >= 11 is 0. The van der Waals surface area contributed by atoms with Crippen LogP contribution >= 0.6 is 0 Å². The highest BCUT2D eigenvalue weighted by molar-refractivity contribution is 5.88. The van der Waals surface area contributed by atoms with Gasteiger partial charge in [-0.3, -0.25) is 9.69 Å². The molecular weight excluding hydrogens is 310 g/mol. The minimum atomic E-state index is -0.699. The molecule has 1 aromatic heterocycles. The number of nitrogens with two attached hydrogens (primary N) is 1. The number of primary amides is 1. The molecule has 0 saturated carbocycles. The number of nitriles is 1. The van der Waals surface area contributed by atoms with Gasteiger partial charge in [0, 0.05) is 6.54 Å². The van der Waals surface area contributed by atoms with Crippen LogP contribution in [0.4, 0.5) is 0 Å². The summed E-state index contributed by atoms with van der Waals surface area (Å²) < 4.78 is 10.9. The van der Waals surface area contributed by atoms with E-state index in [0.29, 0.717) is 30.4 Å². The Labute approximate surface area is 138 Å². The van der Waals surface area contributed by atoms with Crippen molar-refractivity contribution in [3.63, 3.8) is 0 Å². The first-order valence-electron chi connectivity index (χ1n) is 7.68. The Balaban J connectivity index is 1.57. The monoisotopic (exact) mass is 327 g/mol. The second-order valence-corrected chi connectivity index (χ2v) is 5.50. The van der Waals surface area contributed by atoms with E-state index in [1.807, 2.05) is 6.07 Å². The summed E-state index contributed by atoms with van der Waals surface area (Å²) in [5.74, 6) is 0.281. The fraction of sp³-hybridized carbons (Fsp3) is 0.375. The fourth-order valence-corrected chi connectivity index (χ4v) is 2.78. The number of hydrogen-bond acceptors (Lipinski definition) is 7. The molecule has 1 aliphatic heterocycles. The summed E-state index contributed by atoms with van der Waals surface area (Å²) in [7, 11) is 0. The molecule has 0 aliphatic carbocycles. The van der Waals surface area contributed by atoms with Crippen LogP contribution in [0.2, 0.25) is 0 Å². The zero-order chi connectivity index (χ0) is 16.9. The molecule has 2 heterocycles. The second-order valence-electron chi connectivity index (χ2n) is 5.50. The van der Waals surface area contributed by atoms with Gasteiger partial charge in [0.2, 0.25) is 5.89 Å². The first kappa shape index (κ1) is 16.0. The van der Waals surface area contributed by atoms with Crippen LogP contribution in [0.5, 0.6) is 5.75 Å². The Morgan fingerprint density at radius 1 is 1.54 bits per heavy atom. The molecule has 2 N–H and O–H groups in total. The van der Waals surface area contributed by atoms with E-state index in [1.54, 1.807) is 18.2 Å². The van der Waals surface area contributed by atoms with Crippen molar-refractivity contribution in [3.05, 3.63) is 41.5 Å². The van der Waals surface area contributed by atoms with E-state index in [2.05, 4.69) is 21.1 Å². The van der Waals surface area contributed by atoms with Crippen LogP contribution < -0.4 is 10.5 Å². The minimum Gasteiger partial charge on any atom is -0.492 e. The number of ether oxygens (including phenoxy) is 1. The van der Waals surface area contributed by atoms with Gasteiger partial charge in [0.1, 0.15) is 12.4 Å². The van der Waals surface area contributed by atoms with Crippen molar-refractivity contribution in [3.8, 4) is 11.8 Å². The number of rotatable bonds is 6. The van der Waals surface area contributed by atoms with E-state index in [4.69, 9.17) is 20.3 Å². The molecule has 1 aromatic carbocycles. The molecule has 3 rings (SSSR count). The van der Waals surface area contributed by atoms with E-state index in [0.717, 1.165) is 19.4 Å². The van der Waals surface area contributed by atoms with E-state index < -0.39 is 5.91 Å². The molecule has 0 spiro atoms. The fourth-order valence-electron chi connectivity index (χ4n) is 2.78. The van der Waals surface area contributed by atoms with Crippen LogP contribution in [0.15, 0.2) is 28.8 Å². The van der Waals surface area contributed by atoms with Crippen molar-refractivity contribution < 1.29 is 14.1 Å². The lowest BCUT2D eigenvalue weighted by atomic mass is 10.2. The SMILES string of the molecule is N#Cc1cccc(OCCN2CCC[C@@H]2c2nc(C(N)=O)no2)c1. The average Bonchev–Trinajstić information content (AvgIpc) is 3.24. The number of carbonyl (C=O) groups is 1. The van der Waals surface area contributed by atoms with Crippen LogP contribution in [0.3, 0.4) is 0 Å². The Hall–Kier alpha value is -2.92. The molecule has 124 valence electrons. The molecule has 1 aliphatic rings. The quantitative estimate of drug-likeness (QED) is 0.848. The number of benzene rings is 1. The predicted octanol–water partition coefficient (Wildman–Crippen LogP) is 1.26. The second kappa shape index (κ2) is 7.10. The molecular formula is C16H17N5O3. The molecule has 0 bridgehead atoms. The standard InChI is InChI=1S/C16H17N5O3/c17-10-11-3-1-4-12(9-11)23-8-7-21-6-2-5-13(21)16-19-15(14(18)22)20-24-16/h1,3-4,9,13H,2,5-8H2,(H2,18,22)/t13-/m1/s1. The lowest BCUT2D eigenvalue weighted by Gasteiger charge is -2.21. The van der Waals surface area contributed by atoms with Gasteiger partial charge in [0.05, 0.1) is 17.7 Å². The molecule has 8 heteroatoms. The smallest absolute Gasteiger partial charge is 0.290 e. The van der Waals surface area contributed by atoms with Crippen LogP contribution in [0.1, 0.15) is 41.0 Å². The molecule has 24 heavy (non-hydrogen) atoms. The molecule has 1 fully saturated rings. The van der Waals surface area contributed by atoms with Crippen LogP contribution in [0, 0.1) is 11.3 Å². The van der Waals surface area contributed by atoms with Crippen molar-refractivity contribution in [1.82, 2.24) is 15.0 Å². The van der Waals surface area contributed by atoms with Gasteiger partial charge in [-0.15, -0.1) is 0 Å². The lowest BCUT2D eigenvalue weighted by molar-refractivity contribution is 0.0987. The lowest BCUT2D eigenvalue weighted by Crippen LogP contribution is -2.28. The summed E-state index contributed by atoms with van der Waals surface area (Å²) in [6.45, 7) is 2.04. The van der Waals surface area contributed by atoms with Crippen LogP contribution in [-0.2, 0) is 0 Å². The van der Waals surface area contributed by atoms with E-state index in [-0.39, 0.29) is 11.9 Å². The molecule has 0 radical (unpaired) electrons. The van der Waals surface area contributed by atoms with Gasteiger partial charge in [0.25, 0.3) is 11.7 Å². The van der Waals surface area contributed by atoms with Crippen molar-refractivity contribution >= 4 is 5.91 Å². The summed E-state index contributed by atoms with van der Waals surface area (Å²) in [5, 5.41) is 12.5. The van der Waals surface area contributed by atoms with Crippen molar-refractivity contribution in [2.24, 2.45) is 5.73 Å². The van der Waals surface area contributed by atoms with E-state index >= 15 is 0 Å². The van der Waals surface area contributed by atoms with Gasteiger partial charge in [-0.25, -0.2) is 0 Å². The highest BCUT2D eigenvalue weighted by atomic mass is 16.5. The summed E-state index contributed by atoms with van der Waals surface area (Å²) in [6, 6.07) is 9.10. The highest BCUT2D eigenvalue weighted by Gasteiger charge is 2.31. The van der Waals surface area contributed by atoms with Gasteiger partial charge < -0.3 is 15.0 Å². The molecule has 1 atom stereocenters. The van der Waals surface area contributed by atoms with Crippen molar-refractivity contribution in [1.29, 1.82) is 5.26 Å². The molecule has 8 nitrogen and oxygen atoms in total. The topological polar surface area (TPSA) is 118 Å². The third-order valence-corrected chi connectivity index (χ3v) is 3.92. The minimum absolute atomic E-state index is 0.0281. The van der Waals surface area contributed by atoms with Gasteiger partial charge in [-0.2, -0.15) is 10.2 Å². The number of nitrogens with zero attached hydrogens (tertiary/aromatic N) is 4. The number of carbonyl (C=O) groups excluding carboxylic acids is 1. The van der Waals surface area contributed by atoms with Crippen LogP contribution in [0.25, 0.3) is 0 Å². The normalized spacial score (nSPS) is 17.5. The molecule has 1 amide bonds.